The number of fused-ring (bicyclic) bond motifs is 4. The standard InChI is InChI=1S/C46H48N10/c1-51-39-20-9-5-16-35(39)47-43(51)24-26-55(31-45-49-37-18-7-11-22-41(37)53(45)3)29-33-14-13-15-34(28-33)30-56(32-46-50-38-19-8-12-23-42(38)54(46)4)27-25-44-48-36-17-6-10-21-40(36)52(44)2/h5-23,28H,24-27,29-32H2,1-4H3. The van der Waals surface area contributed by atoms with Crippen molar-refractivity contribution >= 4 is 44.1 Å². The molecule has 10 nitrogen and oxygen atoms in total. The number of hydrogen-bond acceptors (Lipinski definition) is 6. The minimum absolute atomic E-state index is 0.732. The van der Waals surface area contributed by atoms with Crippen LogP contribution in [-0.4, -0.2) is 61.1 Å². The number of rotatable bonds is 14. The number of imidazole rings is 4. The predicted molar refractivity (Wildman–Crippen MR) is 225 cm³/mol. The van der Waals surface area contributed by atoms with Gasteiger partial charge in [-0.25, -0.2) is 19.9 Å². The summed E-state index contributed by atoms with van der Waals surface area (Å²) in [5.41, 5.74) is 11.3. The second kappa shape index (κ2) is 15.2. The molecular weight excluding hydrogens is 693 g/mol. The quantitative estimate of drug-likeness (QED) is 0.114. The molecule has 9 rings (SSSR count). The number of nitrogens with zero attached hydrogens (tertiary/aromatic N) is 10. The van der Waals surface area contributed by atoms with Gasteiger partial charge in [0.05, 0.1) is 57.2 Å². The van der Waals surface area contributed by atoms with E-state index in [-0.39, 0.29) is 0 Å². The molecule has 0 atom stereocenters. The molecule has 0 radical (unpaired) electrons. The average molecular weight is 741 g/mol. The van der Waals surface area contributed by atoms with Crippen molar-refractivity contribution in [3.8, 4) is 0 Å². The van der Waals surface area contributed by atoms with Crippen LogP contribution in [0, 0.1) is 0 Å². The molecule has 5 aromatic carbocycles. The monoisotopic (exact) mass is 740 g/mol. The first kappa shape index (κ1) is 35.6. The van der Waals surface area contributed by atoms with E-state index in [4.69, 9.17) is 19.9 Å². The highest BCUT2D eigenvalue weighted by Crippen LogP contribution is 2.22. The molecule has 0 aliphatic rings. The second-order valence-electron chi connectivity index (χ2n) is 15.0. The van der Waals surface area contributed by atoms with Gasteiger partial charge < -0.3 is 18.3 Å². The molecule has 0 saturated carbocycles. The van der Waals surface area contributed by atoms with E-state index >= 15 is 0 Å². The van der Waals surface area contributed by atoms with Crippen LogP contribution >= 0.6 is 0 Å². The molecule has 0 aliphatic heterocycles. The van der Waals surface area contributed by atoms with E-state index in [2.05, 4.69) is 178 Å². The minimum Gasteiger partial charge on any atom is -0.331 e. The van der Waals surface area contributed by atoms with Gasteiger partial charge in [-0.3, -0.25) is 9.80 Å². The van der Waals surface area contributed by atoms with Crippen LogP contribution in [0.25, 0.3) is 44.1 Å². The van der Waals surface area contributed by atoms with E-state index in [1.807, 2.05) is 0 Å². The van der Waals surface area contributed by atoms with Gasteiger partial charge in [-0.1, -0.05) is 72.8 Å². The largest absolute Gasteiger partial charge is 0.331 e. The summed E-state index contributed by atoms with van der Waals surface area (Å²) in [6, 6.07) is 42.7. The van der Waals surface area contributed by atoms with Gasteiger partial charge in [0.25, 0.3) is 0 Å². The van der Waals surface area contributed by atoms with Gasteiger partial charge in [0.2, 0.25) is 0 Å². The zero-order valence-corrected chi connectivity index (χ0v) is 32.7. The van der Waals surface area contributed by atoms with E-state index in [0.717, 1.165) is 120 Å². The summed E-state index contributed by atoms with van der Waals surface area (Å²) < 4.78 is 8.93. The van der Waals surface area contributed by atoms with Gasteiger partial charge in [-0.05, 0) is 59.7 Å². The first-order valence-corrected chi connectivity index (χ1v) is 19.5. The summed E-state index contributed by atoms with van der Waals surface area (Å²) in [5.74, 6) is 4.30. The molecule has 56 heavy (non-hydrogen) atoms. The van der Waals surface area contributed by atoms with Crippen molar-refractivity contribution in [1.29, 1.82) is 0 Å². The molecule has 4 aromatic heterocycles. The summed E-state index contributed by atoms with van der Waals surface area (Å²) in [4.78, 5) is 25.2. The lowest BCUT2D eigenvalue weighted by atomic mass is 10.1. The predicted octanol–water partition coefficient (Wildman–Crippen LogP) is 7.72. The Kier molecular flexibility index (Phi) is 9.66. The van der Waals surface area contributed by atoms with Crippen LogP contribution in [0.4, 0.5) is 0 Å². The summed E-state index contributed by atoms with van der Waals surface area (Å²) in [7, 11) is 8.50. The van der Waals surface area contributed by atoms with Crippen LogP contribution in [0.1, 0.15) is 34.4 Å². The fraction of sp³-hybridized carbons (Fsp3) is 0.261. The van der Waals surface area contributed by atoms with E-state index in [9.17, 15) is 0 Å². The third-order valence-corrected chi connectivity index (χ3v) is 11.4. The SMILES string of the molecule is Cn1c(CCN(Cc2cccc(CN(CCc3nc4ccccc4n3C)Cc3nc4ccccc4n3C)c2)Cc2nc3ccccc3n2C)nc2ccccc21. The number of aromatic nitrogens is 8. The molecule has 0 spiro atoms. The van der Waals surface area contributed by atoms with Gasteiger partial charge in [0.15, 0.2) is 0 Å². The van der Waals surface area contributed by atoms with Crippen LogP contribution in [0.3, 0.4) is 0 Å². The van der Waals surface area contributed by atoms with Crippen molar-refractivity contribution in [2.45, 2.75) is 39.0 Å². The van der Waals surface area contributed by atoms with Crippen molar-refractivity contribution in [2.75, 3.05) is 13.1 Å². The second-order valence-corrected chi connectivity index (χ2v) is 15.0. The molecule has 0 amide bonds. The Balaban J connectivity index is 0.982. The Morgan fingerprint density at radius 3 is 1.05 bits per heavy atom. The van der Waals surface area contributed by atoms with Crippen molar-refractivity contribution in [1.82, 2.24) is 48.0 Å². The Morgan fingerprint density at radius 1 is 0.375 bits per heavy atom. The van der Waals surface area contributed by atoms with E-state index in [1.54, 1.807) is 0 Å². The molecule has 0 N–H and O–H groups in total. The van der Waals surface area contributed by atoms with E-state index < -0.39 is 0 Å². The van der Waals surface area contributed by atoms with Crippen molar-refractivity contribution in [2.24, 2.45) is 28.2 Å². The zero-order chi connectivity index (χ0) is 38.2. The van der Waals surface area contributed by atoms with Crippen LogP contribution < -0.4 is 0 Å². The molecule has 4 heterocycles. The highest BCUT2D eigenvalue weighted by Gasteiger charge is 2.18. The first-order valence-electron chi connectivity index (χ1n) is 19.5. The fourth-order valence-corrected chi connectivity index (χ4v) is 8.20. The number of hydrogen-bond donors (Lipinski definition) is 0. The van der Waals surface area contributed by atoms with Crippen LogP contribution in [-0.2, 0) is 67.2 Å². The molecule has 0 saturated heterocycles. The molecule has 0 aliphatic carbocycles. The summed E-state index contributed by atoms with van der Waals surface area (Å²) >= 11 is 0. The lowest BCUT2D eigenvalue weighted by Gasteiger charge is -2.24. The van der Waals surface area contributed by atoms with Gasteiger partial charge in [-0.15, -0.1) is 0 Å². The topological polar surface area (TPSA) is 77.8 Å². The van der Waals surface area contributed by atoms with Crippen molar-refractivity contribution in [3.05, 3.63) is 156 Å². The highest BCUT2D eigenvalue weighted by molar-refractivity contribution is 5.77. The maximum Gasteiger partial charge on any atom is 0.123 e. The van der Waals surface area contributed by atoms with Gasteiger partial charge >= 0.3 is 0 Å². The molecule has 0 unspecified atom stereocenters. The van der Waals surface area contributed by atoms with Gasteiger partial charge in [0, 0.05) is 67.2 Å². The summed E-state index contributed by atoms with van der Waals surface area (Å²) in [5, 5.41) is 0. The third-order valence-electron chi connectivity index (χ3n) is 11.4. The minimum atomic E-state index is 0.732. The molecule has 10 heteroatoms. The van der Waals surface area contributed by atoms with Crippen LogP contribution in [0.15, 0.2) is 121 Å². The number of aryl methyl sites for hydroxylation is 4. The maximum atomic E-state index is 5.06. The van der Waals surface area contributed by atoms with Crippen LogP contribution in [0.2, 0.25) is 0 Å². The lowest BCUT2D eigenvalue weighted by molar-refractivity contribution is 0.245. The average Bonchev–Trinajstić information content (AvgIpc) is 3.93. The zero-order valence-electron chi connectivity index (χ0n) is 32.7. The van der Waals surface area contributed by atoms with E-state index in [1.165, 1.54) is 11.1 Å². The third kappa shape index (κ3) is 7.09. The Hall–Kier alpha value is -6.10. The van der Waals surface area contributed by atoms with Crippen LogP contribution in [0.5, 0.6) is 0 Å². The maximum absolute atomic E-state index is 5.06. The smallest absolute Gasteiger partial charge is 0.123 e. The number of para-hydroxylation sites is 8. The Labute approximate surface area is 327 Å². The summed E-state index contributed by atoms with van der Waals surface area (Å²) in [6.45, 7) is 4.76. The molecule has 0 fully saturated rings. The Morgan fingerprint density at radius 2 is 0.696 bits per heavy atom. The molecule has 0 bridgehead atoms. The lowest BCUT2D eigenvalue weighted by Crippen LogP contribution is -2.28. The number of benzene rings is 5. The van der Waals surface area contributed by atoms with Crippen molar-refractivity contribution < 1.29 is 0 Å². The van der Waals surface area contributed by atoms with Crippen molar-refractivity contribution in [3.63, 3.8) is 0 Å². The molecular formula is C46H48N10. The summed E-state index contributed by atoms with van der Waals surface area (Å²) in [6.07, 6.45) is 1.67. The van der Waals surface area contributed by atoms with E-state index in [0.29, 0.717) is 0 Å². The normalized spacial score (nSPS) is 12.1. The Bertz CT molecular complexity index is 2610. The van der Waals surface area contributed by atoms with Gasteiger partial charge in [-0.2, -0.15) is 0 Å². The highest BCUT2D eigenvalue weighted by atomic mass is 15.2. The molecule has 9 aromatic rings. The van der Waals surface area contributed by atoms with Gasteiger partial charge in [0.1, 0.15) is 23.3 Å². The fourth-order valence-electron chi connectivity index (χ4n) is 8.20. The molecule has 282 valence electrons. The first-order chi connectivity index (χ1) is 27.4.